The molecule has 0 fully saturated rings. The van der Waals surface area contributed by atoms with Gasteiger partial charge in [-0.15, -0.1) is 11.3 Å². The Hall–Kier alpha value is -1.70. The summed E-state index contributed by atoms with van der Waals surface area (Å²) in [5, 5.41) is 4.75. The number of anilines is 1. The minimum Gasteiger partial charge on any atom is -0.326 e. The third kappa shape index (κ3) is 4.34. The Morgan fingerprint density at radius 3 is 2.77 bits per heavy atom. The lowest BCUT2D eigenvalue weighted by Crippen LogP contribution is -2.28. The van der Waals surface area contributed by atoms with Gasteiger partial charge in [-0.25, -0.2) is 12.7 Å². The Balaban J connectivity index is 1.52. The Labute approximate surface area is 159 Å². The van der Waals surface area contributed by atoms with E-state index in [2.05, 4.69) is 11.4 Å². The molecule has 0 aliphatic heterocycles. The van der Waals surface area contributed by atoms with Crippen LogP contribution in [-0.4, -0.2) is 32.2 Å². The Morgan fingerprint density at radius 2 is 2.00 bits per heavy atom. The van der Waals surface area contributed by atoms with Gasteiger partial charge in [-0.3, -0.25) is 4.79 Å². The van der Waals surface area contributed by atoms with E-state index in [1.54, 1.807) is 24.6 Å². The van der Waals surface area contributed by atoms with Crippen LogP contribution in [0, 0.1) is 0 Å². The van der Waals surface area contributed by atoms with Gasteiger partial charge in [0.25, 0.3) is 10.0 Å². The van der Waals surface area contributed by atoms with Crippen molar-refractivity contribution in [3.63, 3.8) is 0 Å². The van der Waals surface area contributed by atoms with Crippen molar-refractivity contribution in [1.29, 1.82) is 0 Å². The second-order valence-electron chi connectivity index (χ2n) is 6.56. The number of sulfonamides is 1. The monoisotopic (exact) mass is 392 g/mol. The predicted octanol–water partition coefficient (Wildman–Crippen LogP) is 3.67. The standard InChI is InChI=1S/C19H24N2O3S2/c1-21(26(23,24)19-12-6-14-25-19)13-5-11-18(22)20-17-10-4-8-15-7-2-3-9-16(15)17/h4,6,8,10,12,14H,2-3,5,7,9,11,13H2,1H3,(H,20,22). The molecule has 0 spiro atoms. The van der Waals surface area contributed by atoms with E-state index in [1.807, 2.05) is 12.1 Å². The zero-order valence-electron chi connectivity index (χ0n) is 14.9. The van der Waals surface area contributed by atoms with Gasteiger partial charge in [0, 0.05) is 25.7 Å². The topological polar surface area (TPSA) is 66.5 Å². The van der Waals surface area contributed by atoms with Crippen molar-refractivity contribution in [1.82, 2.24) is 4.31 Å². The number of nitrogens with zero attached hydrogens (tertiary/aromatic N) is 1. The molecular weight excluding hydrogens is 368 g/mol. The number of aryl methyl sites for hydroxylation is 1. The van der Waals surface area contributed by atoms with Crippen LogP contribution < -0.4 is 5.32 Å². The van der Waals surface area contributed by atoms with Crippen LogP contribution in [0.2, 0.25) is 0 Å². The average molecular weight is 393 g/mol. The highest BCUT2D eigenvalue weighted by Crippen LogP contribution is 2.28. The van der Waals surface area contributed by atoms with E-state index >= 15 is 0 Å². The summed E-state index contributed by atoms with van der Waals surface area (Å²) >= 11 is 1.20. The van der Waals surface area contributed by atoms with E-state index in [9.17, 15) is 13.2 Å². The number of carbonyl (C=O) groups is 1. The molecule has 1 N–H and O–H groups in total. The molecular formula is C19H24N2O3S2. The first-order chi connectivity index (χ1) is 12.5. The lowest BCUT2D eigenvalue weighted by molar-refractivity contribution is -0.116. The highest BCUT2D eigenvalue weighted by molar-refractivity contribution is 7.91. The van der Waals surface area contributed by atoms with Crippen molar-refractivity contribution in [2.45, 2.75) is 42.7 Å². The van der Waals surface area contributed by atoms with Crippen LogP contribution in [0.25, 0.3) is 0 Å². The van der Waals surface area contributed by atoms with E-state index in [0.29, 0.717) is 23.6 Å². The maximum Gasteiger partial charge on any atom is 0.252 e. The van der Waals surface area contributed by atoms with E-state index in [1.165, 1.54) is 33.2 Å². The minimum atomic E-state index is -3.44. The van der Waals surface area contributed by atoms with Crippen molar-refractivity contribution in [2.24, 2.45) is 0 Å². The molecule has 1 aromatic carbocycles. The highest BCUT2D eigenvalue weighted by Gasteiger charge is 2.21. The fourth-order valence-corrected chi connectivity index (χ4v) is 5.67. The van der Waals surface area contributed by atoms with Crippen LogP contribution in [0.5, 0.6) is 0 Å². The third-order valence-electron chi connectivity index (χ3n) is 4.71. The fraction of sp³-hybridized carbons (Fsp3) is 0.421. The number of fused-ring (bicyclic) bond motifs is 1. The predicted molar refractivity (Wildman–Crippen MR) is 105 cm³/mol. The molecule has 1 amide bonds. The molecule has 26 heavy (non-hydrogen) atoms. The lowest BCUT2D eigenvalue weighted by Gasteiger charge is -2.20. The molecule has 2 aromatic rings. The first kappa shape index (κ1) is 19.1. The average Bonchev–Trinajstić information content (AvgIpc) is 3.17. The molecule has 1 aliphatic carbocycles. The van der Waals surface area contributed by atoms with Gasteiger partial charge in [-0.2, -0.15) is 0 Å². The second-order valence-corrected chi connectivity index (χ2v) is 9.78. The smallest absolute Gasteiger partial charge is 0.252 e. The number of thiophene rings is 1. The molecule has 1 heterocycles. The summed E-state index contributed by atoms with van der Waals surface area (Å²) < 4.78 is 26.4. The number of hydrogen-bond acceptors (Lipinski definition) is 4. The molecule has 1 aliphatic rings. The normalized spacial score (nSPS) is 14.2. The number of nitrogens with one attached hydrogen (secondary N) is 1. The zero-order chi connectivity index (χ0) is 18.6. The van der Waals surface area contributed by atoms with E-state index in [-0.39, 0.29) is 5.91 Å². The largest absolute Gasteiger partial charge is 0.326 e. The number of amides is 1. The molecule has 0 saturated carbocycles. The molecule has 5 nitrogen and oxygen atoms in total. The van der Waals surface area contributed by atoms with Crippen molar-refractivity contribution < 1.29 is 13.2 Å². The third-order valence-corrected chi connectivity index (χ3v) is 7.94. The Bertz CT molecular complexity index is 861. The highest BCUT2D eigenvalue weighted by atomic mass is 32.2. The van der Waals surface area contributed by atoms with E-state index in [4.69, 9.17) is 0 Å². The van der Waals surface area contributed by atoms with Crippen molar-refractivity contribution in [3.05, 3.63) is 46.8 Å². The van der Waals surface area contributed by atoms with Crippen LogP contribution in [0.4, 0.5) is 5.69 Å². The molecule has 0 bridgehead atoms. The lowest BCUT2D eigenvalue weighted by atomic mass is 9.90. The zero-order valence-corrected chi connectivity index (χ0v) is 16.5. The fourth-order valence-electron chi connectivity index (χ4n) is 3.26. The summed E-state index contributed by atoms with van der Waals surface area (Å²) in [5.41, 5.74) is 3.49. The molecule has 1 aromatic heterocycles. The first-order valence-electron chi connectivity index (χ1n) is 8.89. The van der Waals surface area contributed by atoms with E-state index in [0.717, 1.165) is 24.9 Å². The summed E-state index contributed by atoms with van der Waals surface area (Å²) in [6, 6.07) is 9.40. The minimum absolute atomic E-state index is 0.0640. The van der Waals surface area contributed by atoms with Gasteiger partial charge >= 0.3 is 0 Å². The molecule has 0 saturated heterocycles. The number of hydrogen-bond donors (Lipinski definition) is 1. The van der Waals surface area contributed by atoms with Crippen LogP contribution in [0.3, 0.4) is 0 Å². The molecule has 0 unspecified atom stereocenters. The van der Waals surface area contributed by atoms with Crippen molar-refractivity contribution >= 4 is 33.0 Å². The summed E-state index contributed by atoms with van der Waals surface area (Å²) in [6.07, 6.45) is 5.23. The number of carbonyl (C=O) groups excluding carboxylic acids is 1. The van der Waals surface area contributed by atoms with Gasteiger partial charge in [0.15, 0.2) is 0 Å². The van der Waals surface area contributed by atoms with Crippen LogP contribution >= 0.6 is 11.3 Å². The van der Waals surface area contributed by atoms with Gasteiger partial charge < -0.3 is 5.32 Å². The van der Waals surface area contributed by atoms with Crippen LogP contribution in [0.15, 0.2) is 39.9 Å². The SMILES string of the molecule is CN(CCCC(=O)Nc1cccc2c1CCCC2)S(=O)(=O)c1cccs1. The molecule has 7 heteroatoms. The summed E-state index contributed by atoms with van der Waals surface area (Å²) in [7, 11) is -1.89. The maximum atomic E-state index is 12.4. The van der Waals surface area contributed by atoms with Crippen LogP contribution in [0.1, 0.15) is 36.8 Å². The molecule has 0 radical (unpaired) electrons. The number of rotatable bonds is 7. The Morgan fingerprint density at radius 1 is 1.19 bits per heavy atom. The molecule has 140 valence electrons. The second kappa shape index (κ2) is 8.33. The maximum absolute atomic E-state index is 12.4. The summed E-state index contributed by atoms with van der Waals surface area (Å²) in [4.78, 5) is 12.3. The Kier molecular flexibility index (Phi) is 6.11. The van der Waals surface area contributed by atoms with E-state index < -0.39 is 10.0 Å². The first-order valence-corrected chi connectivity index (χ1v) is 11.2. The number of benzene rings is 1. The van der Waals surface area contributed by atoms with Gasteiger partial charge in [-0.05, 0) is 60.7 Å². The van der Waals surface area contributed by atoms with Gasteiger partial charge in [0.1, 0.15) is 4.21 Å². The van der Waals surface area contributed by atoms with Gasteiger partial charge in [0.2, 0.25) is 5.91 Å². The van der Waals surface area contributed by atoms with Gasteiger partial charge in [-0.1, -0.05) is 18.2 Å². The summed E-state index contributed by atoms with van der Waals surface area (Å²) in [5.74, 6) is -0.0640. The van der Waals surface area contributed by atoms with Crippen molar-refractivity contribution in [2.75, 3.05) is 18.9 Å². The van der Waals surface area contributed by atoms with Crippen LogP contribution in [-0.2, 0) is 27.7 Å². The molecule has 3 rings (SSSR count). The van der Waals surface area contributed by atoms with Crippen molar-refractivity contribution in [3.8, 4) is 0 Å². The quantitative estimate of drug-likeness (QED) is 0.782. The van der Waals surface area contributed by atoms with Gasteiger partial charge in [0.05, 0.1) is 0 Å². The summed E-state index contributed by atoms with van der Waals surface area (Å²) in [6.45, 7) is 0.320. The molecule has 0 atom stereocenters.